The van der Waals surface area contributed by atoms with Crippen LogP contribution in [0.25, 0.3) is 10.9 Å². The van der Waals surface area contributed by atoms with Gasteiger partial charge in [0.05, 0.1) is 4.90 Å². The molecule has 2 aromatic heterocycles. The van der Waals surface area contributed by atoms with Gasteiger partial charge in [0.2, 0.25) is 5.91 Å². The molecule has 4 aromatic rings. The molecular formula is C20H17FN4O3S2. The largest absolute Gasteiger partial charge is 0.335 e. The predicted octanol–water partition coefficient (Wildman–Crippen LogP) is 3.98. The Morgan fingerprint density at radius 3 is 2.63 bits per heavy atom. The first-order valence-corrected chi connectivity index (χ1v) is 11.3. The highest BCUT2D eigenvalue weighted by Gasteiger charge is 2.16. The lowest BCUT2D eigenvalue weighted by Crippen LogP contribution is -2.19. The molecule has 0 radical (unpaired) electrons. The van der Waals surface area contributed by atoms with E-state index in [1.54, 1.807) is 16.0 Å². The van der Waals surface area contributed by atoms with Crippen molar-refractivity contribution >= 4 is 49.0 Å². The molecule has 4 rings (SSSR count). The fourth-order valence-corrected chi connectivity index (χ4v) is 4.89. The smallest absolute Gasteiger partial charge is 0.263 e. The Balaban J connectivity index is 1.46. The lowest BCUT2D eigenvalue weighted by Gasteiger charge is -2.10. The van der Waals surface area contributed by atoms with Crippen LogP contribution in [0.5, 0.6) is 0 Å². The fourth-order valence-electron chi connectivity index (χ4n) is 3.10. The average molecular weight is 445 g/mol. The first-order valence-electron chi connectivity index (χ1n) is 8.89. The van der Waals surface area contributed by atoms with E-state index in [9.17, 15) is 17.6 Å². The Kier molecular flexibility index (Phi) is 5.27. The number of carbonyl (C=O) groups is 1. The monoisotopic (exact) mass is 444 g/mol. The van der Waals surface area contributed by atoms with Crippen LogP contribution in [0, 0.1) is 12.7 Å². The summed E-state index contributed by atoms with van der Waals surface area (Å²) in [5, 5.41) is 5.42. The minimum atomic E-state index is -3.75. The minimum Gasteiger partial charge on any atom is -0.335 e. The number of fused-ring (bicyclic) bond motifs is 1. The molecule has 0 saturated carbocycles. The molecule has 0 spiro atoms. The second kappa shape index (κ2) is 7.88. The van der Waals surface area contributed by atoms with Crippen LogP contribution < -0.4 is 10.0 Å². The van der Waals surface area contributed by atoms with Gasteiger partial charge in [-0.15, -0.1) is 11.3 Å². The fraction of sp³-hybridized carbons (Fsp3) is 0.100. The highest BCUT2D eigenvalue weighted by molar-refractivity contribution is 7.93. The van der Waals surface area contributed by atoms with Crippen LogP contribution in [-0.2, 0) is 21.4 Å². The van der Waals surface area contributed by atoms with E-state index in [-0.39, 0.29) is 28.3 Å². The minimum absolute atomic E-state index is 0.0482. The molecule has 154 valence electrons. The van der Waals surface area contributed by atoms with Gasteiger partial charge >= 0.3 is 0 Å². The number of hydrogen-bond acceptors (Lipinski definition) is 5. The summed E-state index contributed by atoms with van der Waals surface area (Å²) in [6.45, 7) is 1.90. The van der Waals surface area contributed by atoms with Crippen molar-refractivity contribution < 1.29 is 17.6 Å². The summed E-state index contributed by atoms with van der Waals surface area (Å²) in [5.41, 5.74) is 2.06. The van der Waals surface area contributed by atoms with Crippen molar-refractivity contribution in [3.63, 3.8) is 0 Å². The summed E-state index contributed by atoms with van der Waals surface area (Å²) < 4.78 is 42.3. The van der Waals surface area contributed by atoms with Gasteiger partial charge in [0.1, 0.15) is 12.4 Å². The Bertz CT molecular complexity index is 1310. The summed E-state index contributed by atoms with van der Waals surface area (Å²) in [6, 6.07) is 12.1. The Morgan fingerprint density at radius 2 is 1.93 bits per heavy atom. The van der Waals surface area contributed by atoms with Crippen molar-refractivity contribution in [2.24, 2.45) is 0 Å². The molecule has 2 heterocycles. The van der Waals surface area contributed by atoms with Crippen LogP contribution in [-0.4, -0.2) is 23.9 Å². The van der Waals surface area contributed by atoms with Gasteiger partial charge in [-0.3, -0.25) is 9.52 Å². The lowest BCUT2D eigenvalue weighted by molar-refractivity contribution is -0.116. The van der Waals surface area contributed by atoms with Crippen molar-refractivity contribution in [2.75, 3.05) is 10.0 Å². The van der Waals surface area contributed by atoms with Crippen LogP contribution in [0.4, 0.5) is 15.2 Å². The zero-order chi connectivity index (χ0) is 21.3. The molecule has 1 amide bonds. The Morgan fingerprint density at radius 1 is 1.17 bits per heavy atom. The molecule has 0 unspecified atom stereocenters. The summed E-state index contributed by atoms with van der Waals surface area (Å²) >= 11 is 1.18. The first kappa shape index (κ1) is 20.0. The van der Waals surface area contributed by atoms with E-state index in [1.165, 1.54) is 53.9 Å². The van der Waals surface area contributed by atoms with E-state index in [0.29, 0.717) is 5.69 Å². The van der Waals surface area contributed by atoms with Gasteiger partial charge in [-0.2, -0.15) is 0 Å². The quantitative estimate of drug-likeness (QED) is 0.470. The van der Waals surface area contributed by atoms with E-state index in [2.05, 4.69) is 15.0 Å². The summed E-state index contributed by atoms with van der Waals surface area (Å²) in [7, 11) is -3.75. The van der Waals surface area contributed by atoms with Gasteiger partial charge in [0.25, 0.3) is 10.0 Å². The number of aryl methyl sites for hydroxylation is 1. The third-order valence-electron chi connectivity index (χ3n) is 4.47. The number of hydrogen-bond donors (Lipinski definition) is 2. The van der Waals surface area contributed by atoms with Crippen LogP contribution in [0.1, 0.15) is 5.69 Å². The van der Waals surface area contributed by atoms with Crippen LogP contribution in [0.3, 0.4) is 0 Å². The summed E-state index contributed by atoms with van der Waals surface area (Å²) in [4.78, 5) is 16.5. The van der Waals surface area contributed by atoms with Crippen molar-refractivity contribution in [3.05, 3.63) is 71.6 Å². The van der Waals surface area contributed by atoms with Gasteiger partial charge in [-0.05, 0) is 55.5 Å². The molecule has 2 N–H and O–H groups in total. The number of nitrogens with one attached hydrogen (secondary N) is 2. The first-order chi connectivity index (χ1) is 14.3. The van der Waals surface area contributed by atoms with Gasteiger partial charge in [-0.25, -0.2) is 17.8 Å². The zero-order valence-electron chi connectivity index (χ0n) is 15.8. The number of rotatable bonds is 6. The standard InChI is InChI=1S/C20H17FN4O3S2/c1-13-10-14-11-15(21)2-7-18(14)25(13)12-19(26)23-16-3-5-17(6-4-16)30(27,28)24-20-22-8-9-29-20/h2-11H,12H2,1H3,(H,22,24)(H,23,26). The molecule has 0 atom stereocenters. The number of anilines is 2. The number of thiazole rings is 1. The zero-order valence-corrected chi connectivity index (χ0v) is 17.4. The van der Waals surface area contributed by atoms with E-state index in [1.807, 2.05) is 13.0 Å². The molecule has 0 bridgehead atoms. The van der Waals surface area contributed by atoms with E-state index in [4.69, 9.17) is 0 Å². The van der Waals surface area contributed by atoms with Gasteiger partial charge in [0, 0.05) is 33.9 Å². The molecule has 0 aliphatic heterocycles. The third kappa shape index (κ3) is 4.19. The van der Waals surface area contributed by atoms with E-state index in [0.717, 1.165) is 16.6 Å². The van der Waals surface area contributed by atoms with Crippen molar-refractivity contribution in [1.82, 2.24) is 9.55 Å². The number of benzene rings is 2. The predicted molar refractivity (Wildman–Crippen MR) is 115 cm³/mol. The molecule has 7 nitrogen and oxygen atoms in total. The molecule has 30 heavy (non-hydrogen) atoms. The van der Waals surface area contributed by atoms with E-state index >= 15 is 0 Å². The maximum Gasteiger partial charge on any atom is 0.263 e. The number of halogens is 1. The average Bonchev–Trinajstić information content (AvgIpc) is 3.29. The second-order valence-electron chi connectivity index (χ2n) is 6.59. The molecule has 0 fully saturated rings. The highest BCUT2D eigenvalue weighted by atomic mass is 32.2. The van der Waals surface area contributed by atoms with Crippen LogP contribution in [0.15, 0.2) is 65.0 Å². The van der Waals surface area contributed by atoms with Gasteiger partial charge < -0.3 is 9.88 Å². The number of amides is 1. The van der Waals surface area contributed by atoms with Crippen LogP contribution >= 0.6 is 11.3 Å². The van der Waals surface area contributed by atoms with Gasteiger partial charge in [-0.1, -0.05) is 0 Å². The molecule has 0 aliphatic carbocycles. The SMILES string of the molecule is Cc1cc2cc(F)ccc2n1CC(=O)Nc1ccc(S(=O)(=O)Nc2nccs2)cc1. The summed E-state index contributed by atoms with van der Waals surface area (Å²) in [6.07, 6.45) is 1.51. The summed E-state index contributed by atoms with van der Waals surface area (Å²) in [5.74, 6) is -0.611. The van der Waals surface area contributed by atoms with Crippen molar-refractivity contribution in [3.8, 4) is 0 Å². The molecule has 0 aliphatic rings. The van der Waals surface area contributed by atoms with Crippen molar-refractivity contribution in [1.29, 1.82) is 0 Å². The number of carbonyl (C=O) groups excluding carboxylic acids is 1. The second-order valence-corrected chi connectivity index (χ2v) is 9.17. The molecule has 2 aromatic carbocycles. The topological polar surface area (TPSA) is 93.1 Å². The van der Waals surface area contributed by atoms with Gasteiger partial charge in [0.15, 0.2) is 5.13 Å². The molecule has 10 heteroatoms. The highest BCUT2D eigenvalue weighted by Crippen LogP contribution is 2.22. The molecule has 0 saturated heterocycles. The number of aromatic nitrogens is 2. The van der Waals surface area contributed by atoms with E-state index < -0.39 is 10.0 Å². The Labute approximate surface area is 176 Å². The number of nitrogens with zero attached hydrogens (tertiary/aromatic N) is 2. The number of sulfonamides is 1. The lowest BCUT2D eigenvalue weighted by atomic mass is 10.2. The van der Waals surface area contributed by atoms with Crippen LogP contribution in [0.2, 0.25) is 0 Å². The Hall–Kier alpha value is -3.24. The maximum atomic E-state index is 13.4. The molecular weight excluding hydrogens is 427 g/mol. The maximum absolute atomic E-state index is 13.4. The normalized spacial score (nSPS) is 11.5. The third-order valence-corrected chi connectivity index (χ3v) is 6.65. The van der Waals surface area contributed by atoms with Crippen molar-refractivity contribution in [2.45, 2.75) is 18.4 Å².